The average Bonchev–Trinajstić information content (AvgIpc) is 1.58. The molecule has 12 aromatic rings. The maximum Gasteiger partial charge on any atom is 0.261 e. The quantitative estimate of drug-likeness (QED) is 0.120. The lowest BCUT2D eigenvalue weighted by molar-refractivity contribution is 0.278. The van der Waals surface area contributed by atoms with Crippen LogP contribution in [0.5, 0.6) is 0 Å². The van der Waals surface area contributed by atoms with Gasteiger partial charge in [-0.25, -0.2) is 55.2 Å². The van der Waals surface area contributed by atoms with E-state index in [2.05, 4.69) is 34.0 Å². The molecular formula is C72H67Cl7N12O6S3. The van der Waals surface area contributed by atoms with Crippen molar-refractivity contribution in [3.05, 3.63) is 229 Å². The standard InChI is InChI=1S/2C24H22Cl2N4O2S.C17H17ClN4.C7H6Cl2O2S/c2*1-16-8-9-18(15-21(16)26)33(31,32)29-13-10-17(11-14-29)30-23(19-5-2-3-6-20(19)25)28-22-7-4-12-27-24(22)30;18-14-5-2-1-4-13(14)16-21-15-6-3-9-20-17(15)22(16)12-7-10-19-11-8-12;1-5-2-3-6(4-7(5)8)12(9,10)11/h2*2-9,12,15,17H,10-11,13-14H2,1H3;1-6,9,12,19H,7-8,10-11H2;2-4H,1H3. The molecule has 1 N–H and O–H groups in total. The summed E-state index contributed by atoms with van der Waals surface area (Å²) in [5.74, 6) is 2.42. The van der Waals surface area contributed by atoms with Gasteiger partial charge < -0.3 is 19.0 Å². The van der Waals surface area contributed by atoms with E-state index in [0.717, 1.165) is 115 Å². The van der Waals surface area contributed by atoms with Gasteiger partial charge in [-0.1, -0.05) is 124 Å². The third-order valence-corrected chi connectivity index (χ3v) is 25.3. The second-order valence-corrected chi connectivity index (χ2v) is 33.2. The Morgan fingerprint density at radius 3 is 0.980 bits per heavy atom. The van der Waals surface area contributed by atoms with E-state index in [9.17, 15) is 25.3 Å². The molecule has 0 radical (unpaired) electrons. The van der Waals surface area contributed by atoms with Gasteiger partial charge >= 0.3 is 0 Å². The van der Waals surface area contributed by atoms with Crippen molar-refractivity contribution in [3.8, 4) is 34.2 Å². The molecule has 0 atom stereocenters. The van der Waals surface area contributed by atoms with Crippen LogP contribution in [0.2, 0.25) is 30.1 Å². The van der Waals surface area contributed by atoms with Crippen LogP contribution in [-0.2, 0) is 29.1 Å². The third kappa shape index (κ3) is 15.8. The van der Waals surface area contributed by atoms with Crippen LogP contribution < -0.4 is 5.32 Å². The number of hydrogen-bond donors (Lipinski definition) is 1. The number of rotatable bonds is 11. The lowest BCUT2D eigenvalue weighted by Gasteiger charge is -2.32. The maximum atomic E-state index is 13.2. The van der Waals surface area contributed by atoms with Crippen molar-refractivity contribution in [3.63, 3.8) is 0 Å². The second-order valence-electron chi connectivity index (χ2n) is 24.3. The van der Waals surface area contributed by atoms with Crippen molar-refractivity contribution in [2.24, 2.45) is 0 Å². The summed E-state index contributed by atoms with van der Waals surface area (Å²) < 4.78 is 84.0. The van der Waals surface area contributed by atoms with Gasteiger partial charge in [-0.05, 0) is 198 Å². The van der Waals surface area contributed by atoms with Crippen molar-refractivity contribution in [2.75, 3.05) is 39.3 Å². The number of pyridine rings is 3. The molecule has 0 saturated carbocycles. The molecule has 6 aromatic heterocycles. The highest BCUT2D eigenvalue weighted by Gasteiger charge is 2.35. The van der Waals surface area contributed by atoms with E-state index >= 15 is 0 Å². The van der Waals surface area contributed by atoms with Gasteiger partial charge in [0.05, 0.1) is 29.8 Å². The van der Waals surface area contributed by atoms with Gasteiger partial charge in [0, 0.05) is 105 Å². The highest BCUT2D eigenvalue weighted by atomic mass is 35.7. The van der Waals surface area contributed by atoms with Gasteiger partial charge in [0.2, 0.25) is 20.0 Å². The molecule has 3 aliphatic heterocycles. The van der Waals surface area contributed by atoms with Crippen molar-refractivity contribution < 1.29 is 25.3 Å². The van der Waals surface area contributed by atoms with Gasteiger partial charge in [0.25, 0.3) is 9.05 Å². The van der Waals surface area contributed by atoms with Gasteiger partial charge in [-0.15, -0.1) is 0 Å². The number of halogens is 7. The molecule has 0 bridgehead atoms. The Kier molecular flexibility index (Phi) is 22.7. The number of sulfonamides is 2. The average molecular weight is 1540 g/mol. The first kappa shape index (κ1) is 72.7. The number of benzene rings is 6. The van der Waals surface area contributed by atoms with E-state index in [4.69, 9.17) is 95.2 Å². The van der Waals surface area contributed by atoms with Crippen molar-refractivity contribution in [1.82, 2.24) is 57.5 Å². The topological polar surface area (TPSA) is 213 Å². The number of nitrogens with one attached hydrogen (secondary N) is 1. The van der Waals surface area contributed by atoms with Gasteiger partial charge in [-0.2, -0.15) is 8.61 Å². The summed E-state index contributed by atoms with van der Waals surface area (Å²) in [6.07, 6.45) is 10.0. The number of aryl methyl sites for hydroxylation is 3. The minimum atomic E-state index is -3.65. The molecule has 100 heavy (non-hydrogen) atoms. The van der Waals surface area contributed by atoms with E-state index in [1.165, 1.54) is 32.9 Å². The largest absolute Gasteiger partial charge is 0.317 e. The summed E-state index contributed by atoms with van der Waals surface area (Å²) in [6.45, 7) is 9.12. The first-order valence-corrected chi connectivity index (χ1v) is 39.6. The molecule has 3 aliphatic rings. The van der Waals surface area contributed by atoms with Crippen LogP contribution >= 0.6 is 80.3 Å². The van der Waals surface area contributed by atoms with Crippen LogP contribution in [0, 0.1) is 20.8 Å². The number of hydrogen-bond acceptors (Lipinski definition) is 13. The molecule has 0 aliphatic carbocycles. The van der Waals surface area contributed by atoms with Crippen LogP contribution in [0.3, 0.4) is 0 Å². The summed E-state index contributed by atoms with van der Waals surface area (Å²) >= 11 is 37.5. The smallest absolute Gasteiger partial charge is 0.261 e. The Morgan fingerprint density at radius 1 is 0.370 bits per heavy atom. The molecular weight excluding hydrogens is 1470 g/mol. The predicted molar refractivity (Wildman–Crippen MR) is 401 cm³/mol. The Hall–Kier alpha value is -7.06. The number of imidazole rings is 3. The second kappa shape index (κ2) is 31.3. The molecule has 3 saturated heterocycles. The van der Waals surface area contributed by atoms with Crippen molar-refractivity contribution in [1.29, 1.82) is 0 Å². The Labute approximate surface area is 615 Å². The lowest BCUT2D eigenvalue weighted by atomic mass is 10.1. The van der Waals surface area contributed by atoms with Crippen LogP contribution in [-0.4, -0.2) is 117 Å². The first-order valence-electron chi connectivity index (χ1n) is 32.2. The van der Waals surface area contributed by atoms with Crippen molar-refractivity contribution in [2.45, 2.75) is 92.1 Å². The summed E-state index contributed by atoms with van der Waals surface area (Å²) in [4.78, 5) is 28.7. The predicted octanol–water partition coefficient (Wildman–Crippen LogP) is 17.7. The molecule has 3 fully saturated rings. The fourth-order valence-electron chi connectivity index (χ4n) is 12.6. The number of piperidine rings is 3. The lowest BCUT2D eigenvalue weighted by Crippen LogP contribution is -2.39. The van der Waals surface area contributed by atoms with E-state index in [1.807, 2.05) is 129 Å². The molecule has 0 spiro atoms. The van der Waals surface area contributed by atoms with E-state index < -0.39 is 29.1 Å². The van der Waals surface area contributed by atoms with E-state index in [1.54, 1.807) is 49.6 Å². The SMILES string of the molecule is Cc1ccc(S(=O)(=O)Cl)cc1Cl.Cc1ccc(S(=O)(=O)N2CCC(n3c(-c4ccccc4Cl)nc4cccnc43)CC2)cc1Cl.Cc1ccc(S(=O)(=O)N2CCC(n3c(-c4ccccc4Cl)nc4cccnc43)CC2)cc1Cl.Clc1ccccc1-c1nc2cccnc2n1C1CCNCC1. The van der Waals surface area contributed by atoms with Gasteiger partial charge in [-0.3, -0.25) is 0 Å². The molecule has 0 amide bonds. The minimum absolute atomic E-state index is 0.0276. The molecule has 518 valence electrons. The van der Waals surface area contributed by atoms with E-state index in [-0.39, 0.29) is 26.8 Å². The number of nitrogens with zero attached hydrogens (tertiary/aromatic N) is 11. The van der Waals surface area contributed by atoms with E-state index in [0.29, 0.717) is 83.0 Å². The Balaban J connectivity index is 0.000000133. The van der Waals surface area contributed by atoms with Crippen molar-refractivity contribution >= 4 is 143 Å². The monoisotopic (exact) mass is 1540 g/mol. The zero-order valence-electron chi connectivity index (χ0n) is 54.3. The summed E-state index contributed by atoms with van der Waals surface area (Å²) in [5.41, 5.74) is 10.2. The molecule has 9 heterocycles. The third-order valence-electron chi connectivity index (χ3n) is 17.9. The van der Waals surface area contributed by atoms with Crippen LogP contribution in [0.1, 0.15) is 73.3 Å². The number of aromatic nitrogens is 9. The molecule has 28 heteroatoms. The maximum absolute atomic E-state index is 13.2. The molecule has 15 rings (SSSR count). The Morgan fingerprint density at radius 2 is 0.670 bits per heavy atom. The number of fused-ring (bicyclic) bond motifs is 3. The van der Waals surface area contributed by atoms with Gasteiger partial charge in [0.1, 0.15) is 34.0 Å². The molecule has 18 nitrogen and oxygen atoms in total. The molecule has 6 aromatic carbocycles. The highest BCUT2D eigenvalue weighted by molar-refractivity contribution is 8.13. The summed E-state index contributed by atoms with van der Waals surface area (Å²) in [6, 6.07) is 49.3. The first-order chi connectivity index (χ1) is 48.0. The van der Waals surface area contributed by atoms with Crippen LogP contribution in [0.25, 0.3) is 67.7 Å². The summed E-state index contributed by atoms with van der Waals surface area (Å²) in [7, 11) is -5.79. The molecule has 0 unspecified atom stereocenters. The van der Waals surface area contributed by atoms with Gasteiger partial charge in [0.15, 0.2) is 16.9 Å². The minimum Gasteiger partial charge on any atom is -0.317 e. The Bertz CT molecular complexity index is 5130. The normalized spacial score (nSPS) is 15.4. The highest BCUT2D eigenvalue weighted by Crippen LogP contribution is 2.40. The zero-order valence-corrected chi connectivity index (χ0v) is 62.0. The fraction of sp³-hybridized carbons (Fsp3) is 0.250. The van der Waals surface area contributed by atoms with Crippen LogP contribution in [0.15, 0.2) is 197 Å². The summed E-state index contributed by atoms with van der Waals surface area (Å²) in [5, 5.41) is 6.68. The zero-order chi connectivity index (χ0) is 70.6. The fourth-order valence-corrected chi connectivity index (χ4v) is 17.7. The van der Waals surface area contributed by atoms with Crippen LogP contribution in [0.4, 0.5) is 0 Å².